The van der Waals surface area contributed by atoms with Gasteiger partial charge >= 0.3 is 5.97 Å². The number of amides is 1. The van der Waals surface area contributed by atoms with E-state index in [-0.39, 0.29) is 24.2 Å². The van der Waals surface area contributed by atoms with Crippen LogP contribution in [0.3, 0.4) is 0 Å². The number of rotatable bonds is 7. The van der Waals surface area contributed by atoms with Crippen molar-refractivity contribution in [1.29, 1.82) is 0 Å². The van der Waals surface area contributed by atoms with E-state index in [0.717, 1.165) is 30.6 Å². The number of halogens is 1. The highest BCUT2D eigenvalue weighted by Gasteiger charge is 2.33. The van der Waals surface area contributed by atoms with E-state index in [9.17, 15) is 14.0 Å². The van der Waals surface area contributed by atoms with Crippen LogP contribution >= 0.6 is 0 Å². The molecule has 0 N–H and O–H groups in total. The molecule has 0 spiro atoms. The van der Waals surface area contributed by atoms with Crippen molar-refractivity contribution in [2.45, 2.75) is 51.9 Å². The molecular formula is C22H30FNO4. The van der Waals surface area contributed by atoms with E-state index in [1.165, 1.54) is 18.9 Å². The van der Waals surface area contributed by atoms with Gasteiger partial charge in [-0.25, -0.2) is 4.39 Å². The second-order valence-corrected chi connectivity index (χ2v) is 7.89. The quantitative estimate of drug-likeness (QED) is 0.522. The van der Waals surface area contributed by atoms with Crippen LogP contribution < -0.4 is 4.74 Å². The van der Waals surface area contributed by atoms with Gasteiger partial charge in [0.15, 0.2) is 0 Å². The zero-order chi connectivity index (χ0) is 20.1. The van der Waals surface area contributed by atoms with Crippen molar-refractivity contribution in [2.24, 2.45) is 11.8 Å². The molecule has 1 saturated heterocycles. The Hall–Kier alpha value is -2.11. The van der Waals surface area contributed by atoms with Crippen molar-refractivity contribution in [3.63, 3.8) is 0 Å². The lowest BCUT2D eigenvalue weighted by atomic mass is 9.96. The molecule has 2 unspecified atom stereocenters. The minimum Gasteiger partial charge on any atom is -0.493 e. The summed E-state index contributed by atoms with van der Waals surface area (Å²) in [6.07, 6.45) is 5.35. The molecule has 154 valence electrons. The van der Waals surface area contributed by atoms with Gasteiger partial charge in [-0.1, -0.05) is 12.8 Å². The van der Waals surface area contributed by atoms with E-state index >= 15 is 0 Å². The number of carbonyl (C=O) groups is 2. The summed E-state index contributed by atoms with van der Waals surface area (Å²) in [6, 6.07) is 4.78. The highest BCUT2D eigenvalue weighted by molar-refractivity contribution is 5.97. The molecular weight excluding hydrogens is 361 g/mol. The van der Waals surface area contributed by atoms with Gasteiger partial charge in [-0.3, -0.25) is 9.59 Å². The van der Waals surface area contributed by atoms with Crippen molar-refractivity contribution >= 4 is 11.9 Å². The van der Waals surface area contributed by atoms with Gasteiger partial charge in [0.25, 0.3) is 0 Å². The number of nitrogens with zero attached hydrogens (tertiary/aromatic N) is 1. The van der Waals surface area contributed by atoms with Crippen LogP contribution in [-0.4, -0.2) is 43.1 Å². The Kier molecular flexibility index (Phi) is 6.92. The Labute approximate surface area is 166 Å². The molecule has 2 aliphatic rings. The van der Waals surface area contributed by atoms with Gasteiger partial charge in [0.2, 0.25) is 5.91 Å². The van der Waals surface area contributed by atoms with Gasteiger partial charge in [0.1, 0.15) is 17.5 Å². The first kappa shape index (κ1) is 20.6. The van der Waals surface area contributed by atoms with E-state index in [4.69, 9.17) is 9.47 Å². The summed E-state index contributed by atoms with van der Waals surface area (Å²) < 4.78 is 24.8. The summed E-state index contributed by atoms with van der Waals surface area (Å²) in [5.41, 5.74) is 0.972. The summed E-state index contributed by atoms with van der Waals surface area (Å²) in [4.78, 5) is 26.0. The van der Waals surface area contributed by atoms with Crippen molar-refractivity contribution in [3.8, 4) is 5.75 Å². The van der Waals surface area contributed by atoms with Gasteiger partial charge in [0, 0.05) is 24.6 Å². The van der Waals surface area contributed by atoms with Crippen LogP contribution in [0.5, 0.6) is 5.75 Å². The summed E-state index contributed by atoms with van der Waals surface area (Å²) in [7, 11) is 0. The predicted molar refractivity (Wildman–Crippen MR) is 104 cm³/mol. The molecule has 1 saturated carbocycles. The van der Waals surface area contributed by atoms with Crippen LogP contribution in [0.4, 0.5) is 4.39 Å². The molecule has 6 heteroatoms. The van der Waals surface area contributed by atoms with Crippen LogP contribution in [0.15, 0.2) is 18.2 Å². The van der Waals surface area contributed by atoms with Gasteiger partial charge < -0.3 is 14.4 Å². The average molecular weight is 391 g/mol. The third kappa shape index (κ3) is 4.83. The van der Waals surface area contributed by atoms with E-state index in [1.54, 1.807) is 30.9 Å². The number of hydrogen-bond acceptors (Lipinski definition) is 4. The number of ether oxygens (including phenoxy) is 2. The Bertz CT molecular complexity index is 702. The van der Waals surface area contributed by atoms with Gasteiger partial charge in [0.05, 0.1) is 13.2 Å². The Morgan fingerprint density at radius 1 is 1.25 bits per heavy atom. The fourth-order valence-electron chi connectivity index (χ4n) is 4.23. The molecule has 1 heterocycles. The maximum Gasteiger partial charge on any atom is 0.318 e. The van der Waals surface area contributed by atoms with Crippen LogP contribution in [0, 0.1) is 17.7 Å². The summed E-state index contributed by atoms with van der Waals surface area (Å²) in [5.74, 6) is -0.310. The summed E-state index contributed by atoms with van der Waals surface area (Å²) >= 11 is 0. The first-order valence-electron chi connectivity index (χ1n) is 10.4. The van der Waals surface area contributed by atoms with Crippen LogP contribution in [0.25, 0.3) is 0 Å². The van der Waals surface area contributed by atoms with E-state index in [1.807, 2.05) is 0 Å². The summed E-state index contributed by atoms with van der Waals surface area (Å²) in [5, 5.41) is 0. The van der Waals surface area contributed by atoms with Crippen LogP contribution in [0.2, 0.25) is 0 Å². The minimum atomic E-state index is -0.773. The second kappa shape index (κ2) is 9.39. The van der Waals surface area contributed by atoms with Gasteiger partial charge in [-0.05, 0) is 57.2 Å². The average Bonchev–Trinajstić information content (AvgIpc) is 3.38. The Morgan fingerprint density at radius 2 is 2.00 bits per heavy atom. The lowest BCUT2D eigenvalue weighted by Crippen LogP contribution is -2.37. The predicted octanol–water partition coefficient (Wildman–Crippen LogP) is 3.91. The Balaban J connectivity index is 1.55. The molecule has 0 aromatic heterocycles. The molecule has 0 bridgehead atoms. The van der Waals surface area contributed by atoms with Crippen LogP contribution in [0.1, 0.15) is 57.4 Å². The molecule has 1 aromatic rings. The fraction of sp³-hybridized carbons (Fsp3) is 0.636. The minimum absolute atomic E-state index is 0.186. The molecule has 28 heavy (non-hydrogen) atoms. The lowest BCUT2D eigenvalue weighted by Gasteiger charge is -2.21. The number of benzene rings is 1. The monoisotopic (exact) mass is 391 g/mol. The molecule has 2 atom stereocenters. The van der Waals surface area contributed by atoms with E-state index in [2.05, 4.69) is 0 Å². The fourth-order valence-corrected chi connectivity index (χ4v) is 4.23. The zero-order valence-electron chi connectivity index (χ0n) is 16.8. The topological polar surface area (TPSA) is 55.8 Å². The number of carbonyl (C=O) groups excluding carboxylic acids is 2. The third-order valence-electron chi connectivity index (χ3n) is 5.85. The number of esters is 1. The van der Waals surface area contributed by atoms with Crippen molar-refractivity contribution in [2.75, 3.05) is 26.3 Å². The molecule has 3 rings (SSSR count). The molecule has 1 aliphatic carbocycles. The van der Waals surface area contributed by atoms with Gasteiger partial charge in [-0.15, -0.1) is 0 Å². The lowest BCUT2D eigenvalue weighted by molar-refractivity contribution is -0.154. The molecule has 2 fully saturated rings. The van der Waals surface area contributed by atoms with Crippen molar-refractivity contribution in [1.82, 2.24) is 4.90 Å². The normalized spacial score (nSPS) is 21.0. The van der Waals surface area contributed by atoms with Gasteiger partial charge in [-0.2, -0.15) is 0 Å². The smallest absolute Gasteiger partial charge is 0.318 e. The maximum absolute atomic E-state index is 13.7. The number of likely N-dealkylation sites (tertiary alicyclic amines) is 1. The summed E-state index contributed by atoms with van der Waals surface area (Å²) in [6.45, 7) is 5.28. The third-order valence-corrected chi connectivity index (χ3v) is 5.85. The molecule has 1 aliphatic heterocycles. The zero-order valence-corrected chi connectivity index (χ0v) is 16.8. The maximum atomic E-state index is 13.7. The second-order valence-electron chi connectivity index (χ2n) is 7.89. The SMILES string of the molecule is CCOC(=O)C(C)C(=O)N1CCC(COc2ccc(F)cc2C2CCCC2)C1. The molecule has 0 radical (unpaired) electrons. The molecule has 1 aromatic carbocycles. The van der Waals surface area contributed by atoms with Crippen LogP contribution in [-0.2, 0) is 14.3 Å². The van der Waals surface area contributed by atoms with Crippen molar-refractivity contribution < 1.29 is 23.5 Å². The highest BCUT2D eigenvalue weighted by atomic mass is 19.1. The largest absolute Gasteiger partial charge is 0.493 e. The first-order valence-corrected chi connectivity index (χ1v) is 10.4. The molecule has 5 nitrogen and oxygen atoms in total. The van der Waals surface area contributed by atoms with E-state index < -0.39 is 11.9 Å². The van der Waals surface area contributed by atoms with E-state index in [0.29, 0.717) is 25.6 Å². The Morgan fingerprint density at radius 3 is 2.71 bits per heavy atom. The van der Waals surface area contributed by atoms with Crippen molar-refractivity contribution in [3.05, 3.63) is 29.6 Å². The number of hydrogen-bond donors (Lipinski definition) is 0. The highest BCUT2D eigenvalue weighted by Crippen LogP contribution is 2.39. The standard InChI is InChI=1S/C22H30FNO4/c1-3-27-22(26)15(2)21(25)24-11-10-16(13-24)14-28-20-9-8-18(23)12-19(20)17-6-4-5-7-17/h8-9,12,15-17H,3-7,10-11,13-14H2,1-2H3. The molecule has 1 amide bonds. The first-order chi connectivity index (χ1) is 13.5.